The maximum Gasteiger partial charge on any atom is 0.271 e. The number of nitrogens with zero attached hydrogens (tertiary/aromatic N) is 2. The number of amides is 1. The van der Waals surface area contributed by atoms with Gasteiger partial charge >= 0.3 is 0 Å². The Hall–Kier alpha value is -2.48. The number of hydrogen-bond acceptors (Lipinski definition) is 5. The molecule has 0 fully saturated rings. The number of rotatable bonds is 4. The molecule has 2 aromatic rings. The number of hydrogen-bond donors (Lipinski definition) is 2. The summed E-state index contributed by atoms with van der Waals surface area (Å²) in [6.45, 7) is 0. The van der Waals surface area contributed by atoms with E-state index in [2.05, 4.69) is 31.5 Å². The zero-order valence-electron chi connectivity index (χ0n) is 11.0. The second-order valence-electron chi connectivity index (χ2n) is 4.05. The lowest BCUT2D eigenvalue weighted by molar-refractivity contribution is -0.384. The molecule has 108 valence electrons. The summed E-state index contributed by atoms with van der Waals surface area (Å²) < 4.78 is 0.557. The number of nitrogens with one attached hydrogen (secondary N) is 2. The van der Waals surface area contributed by atoms with E-state index in [0.717, 1.165) is 0 Å². The minimum absolute atomic E-state index is 0.0999. The Morgan fingerprint density at radius 2 is 2.10 bits per heavy atom. The number of aromatic nitrogens is 1. The summed E-state index contributed by atoms with van der Waals surface area (Å²) in [5.74, 6) is -0.386. The van der Waals surface area contributed by atoms with Crippen LogP contribution in [-0.2, 0) is 0 Å². The molecule has 2 N–H and O–H groups in total. The van der Waals surface area contributed by atoms with Gasteiger partial charge in [0.05, 0.1) is 28.1 Å². The Morgan fingerprint density at radius 1 is 1.33 bits per heavy atom. The van der Waals surface area contributed by atoms with Gasteiger partial charge in [0, 0.05) is 29.8 Å². The summed E-state index contributed by atoms with van der Waals surface area (Å²) in [5, 5.41) is 16.3. The van der Waals surface area contributed by atoms with E-state index in [1.807, 2.05) is 0 Å². The predicted molar refractivity (Wildman–Crippen MR) is 82.5 cm³/mol. The first-order valence-corrected chi connectivity index (χ1v) is 6.69. The van der Waals surface area contributed by atoms with Gasteiger partial charge in [-0.1, -0.05) is 0 Å². The van der Waals surface area contributed by atoms with Crippen LogP contribution in [0.3, 0.4) is 0 Å². The minimum Gasteiger partial charge on any atom is -0.386 e. The van der Waals surface area contributed by atoms with Crippen molar-refractivity contribution in [3.63, 3.8) is 0 Å². The Kier molecular flexibility index (Phi) is 4.49. The van der Waals surface area contributed by atoms with Gasteiger partial charge in [-0.05, 0) is 28.1 Å². The van der Waals surface area contributed by atoms with Gasteiger partial charge in [0.15, 0.2) is 0 Å². The van der Waals surface area contributed by atoms with Crippen LogP contribution < -0.4 is 10.6 Å². The van der Waals surface area contributed by atoms with Gasteiger partial charge in [-0.3, -0.25) is 19.9 Å². The first-order valence-electron chi connectivity index (χ1n) is 5.90. The molecule has 0 atom stereocenters. The van der Waals surface area contributed by atoms with Crippen LogP contribution in [0, 0.1) is 10.1 Å². The Morgan fingerprint density at radius 3 is 2.76 bits per heavy atom. The Labute approximate surface area is 128 Å². The highest BCUT2D eigenvalue weighted by atomic mass is 79.9. The quantitative estimate of drug-likeness (QED) is 0.652. The third-order valence-corrected chi connectivity index (χ3v) is 3.44. The van der Waals surface area contributed by atoms with Crippen molar-refractivity contribution >= 4 is 38.9 Å². The smallest absolute Gasteiger partial charge is 0.271 e. The Balaban J connectivity index is 2.31. The second-order valence-corrected chi connectivity index (χ2v) is 4.90. The van der Waals surface area contributed by atoms with Gasteiger partial charge in [-0.25, -0.2) is 0 Å². The van der Waals surface area contributed by atoms with Crippen LogP contribution in [-0.4, -0.2) is 22.9 Å². The molecule has 0 bridgehead atoms. The minimum atomic E-state index is -0.520. The van der Waals surface area contributed by atoms with Gasteiger partial charge in [0.25, 0.3) is 11.6 Å². The summed E-state index contributed by atoms with van der Waals surface area (Å²) >= 11 is 3.25. The van der Waals surface area contributed by atoms with Gasteiger partial charge in [-0.15, -0.1) is 0 Å². The van der Waals surface area contributed by atoms with Crippen molar-refractivity contribution in [3.05, 3.63) is 56.8 Å². The van der Waals surface area contributed by atoms with E-state index in [9.17, 15) is 14.9 Å². The normalized spacial score (nSPS) is 10.0. The molecule has 21 heavy (non-hydrogen) atoms. The van der Waals surface area contributed by atoms with E-state index in [-0.39, 0.29) is 11.6 Å². The van der Waals surface area contributed by atoms with E-state index in [4.69, 9.17) is 0 Å². The third-order valence-electron chi connectivity index (χ3n) is 2.74. The largest absolute Gasteiger partial charge is 0.386 e. The number of halogens is 1. The molecule has 0 unspecified atom stereocenters. The van der Waals surface area contributed by atoms with Gasteiger partial charge < -0.3 is 10.6 Å². The topological polar surface area (TPSA) is 97.2 Å². The molecule has 1 aromatic heterocycles. The number of carbonyl (C=O) groups is 1. The maximum absolute atomic E-state index is 12.3. The van der Waals surface area contributed by atoms with Crippen molar-refractivity contribution in [2.45, 2.75) is 0 Å². The van der Waals surface area contributed by atoms with Crippen molar-refractivity contribution < 1.29 is 9.72 Å². The average Bonchev–Trinajstić information content (AvgIpc) is 2.49. The van der Waals surface area contributed by atoms with Crippen molar-refractivity contribution in [3.8, 4) is 0 Å². The highest BCUT2D eigenvalue weighted by molar-refractivity contribution is 9.10. The predicted octanol–water partition coefficient (Wildman–Crippen LogP) is 3.05. The molecule has 7 nitrogen and oxygen atoms in total. The molecule has 2 rings (SSSR count). The molecule has 0 spiro atoms. The molecule has 0 saturated carbocycles. The summed E-state index contributed by atoms with van der Waals surface area (Å²) in [4.78, 5) is 26.4. The Bertz CT molecular complexity index is 706. The van der Waals surface area contributed by atoms with Crippen LogP contribution in [0.2, 0.25) is 0 Å². The van der Waals surface area contributed by atoms with Crippen LogP contribution in [0.15, 0.2) is 41.1 Å². The van der Waals surface area contributed by atoms with E-state index < -0.39 is 4.92 Å². The summed E-state index contributed by atoms with van der Waals surface area (Å²) in [7, 11) is 1.68. The van der Waals surface area contributed by atoms with E-state index in [1.165, 1.54) is 30.6 Å². The highest BCUT2D eigenvalue weighted by Crippen LogP contribution is 2.28. The molecule has 0 aliphatic carbocycles. The fourth-order valence-corrected chi connectivity index (χ4v) is 2.05. The number of non-ortho nitro benzene ring substituents is 1. The number of nitro groups is 1. The maximum atomic E-state index is 12.3. The lowest BCUT2D eigenvalue weighted by Crippen LogP contribution is -2.14. The molecule has 1 aromatic carbocycles. The monoisotopic (exact) mass is 350 g/mol. The summed E-state index contributed by atoms with van der Waals surface area (Å²) in [6, 6.07) is 5.72. The fourth-order valence-electron chi connectivity index (χ4n) is 1.70. The fraction of sp³-hybridized carbons (Fsp3) is 0.0769. The van der Waals surface area contributed by atoms with Gasteiger partial charge in [0.2, 0.25) is 0 Å². The van der Waals surface area contributed by atoms with Gasteiger partial charge in [0.1, 0.15) is 0 Å². The molecular weight excluding hydrogens is 340 g/mol. The second kappa shape index (κ2) is 6.31. The number of carbonyl (C=O) groups excluding carboxylic acids is 1. The van der Waals surface area contributed by atoms with Crippen molar-refractivity contribution in [2.75, 3.05) is 17.7 Å². The van der Waals surface area contributed by atoms with E-state index in [0.29, 0.717) is 21.4 Å². The number of anilines is 2. The molecule has 0 radical (unpaired) electrons. The molecule has 0 aliphatic rings. The lowest BCUT2D eigenvalue weighted by atomic mass is 10.2. The zero-order chi connectivity index (χ0) is 15.4. The molecule has 0 aliphatic heterocycles. The number of nitro benzene ring substituents is 1. The first kappa shape index (κ1) is 14.9. The summed E-state index contributed by atoms with van der Waals surface area (Å²) in [5.41, 5.74) is 1.19. The van der Waals surface area contributed by atoms with Crippen LogP contribution in [0.1, 0.15) is 10.4 Å². The van der Waals surface area contributed by atoms with E-state index in [1.54, 1.807) is 13.1 Å². The van der Waals surface area contributed by atoms with Crippen molar-refractivity contribution in [1.82, 2.24) is 4.98 Å². The zero-order valence-corrected chi connectivity index (χ0v) is 12.5. The molecular formula is C13H11BrN4O3. The van der Waals surface area contributed by atoms with Crippen molar-refractivity contribution in [1.29, 1.82) is 0 Å². The van der Waals surface area contributed by atoms with Crippen LogP contribution in [0.25, 0.3) is 0 Å². The van der Waals surface area contributed by atoms with Gasteiger partial charge in [-0.2, -0.15) is 0 Å². The van der Waals surface area contributed by atoms with Crippen LogP contribution in [0.5, 0.6) is 0 Å². The third kappa shape index (κ3) is 3.34. The molecule has 0 saturated heterocycles. The molecule has 8 heteroatoms. The summed E-state index contributed by atoms with van der Waals surface area (Å²) in [6.07, 6.45) is 3.02. The molecule has 1 amide bonds. The highest BCUT2D eigenvalue weighted by Gasteiger charge is 2.15. The first-order chi connectivity index (χ1) is 10.0. The van der Waals surface area contributed by atoms with E-state index >= 15 is 0 Å². The SMILES string of the molecule is CNc1cnccc1C(=O)Nc1cc([N+](=O)[O-])ccc1Br. The average molecular weight is 351 g/mol. The lowest BCUT2D eigenvalue weighted by Gasteiger charge is -2.10. The number of benzene rings is 1. The standard InChI is InChI=1S/C13H11BrN4O3/c1-15-12-7-16-5-4-9(12)13(19)17-11-6-8(18(20)21)2-3-10(11)14/h2-7,15H,1H3,(H,17,19). The number of pyridine rings is 1. The van der Waals surface area contributed by atoms with Crippen LogP contribution in [0.4, 0.5) is 17.1 Å². The molecule has 1 heterocycles. The van der Waals surface area contributed by atoms with Crippen molar-refractivity contribution in [2.24, 2.45) is 0 Å². The van der Waals surface area contributed by atoms with Crippen LogP contribution >= 0.6 is 15.9 Å².